The Hall–Kier alpha value is -2.71. The van der Waals surface area contributed by atoms with Gasteiger partial charge in [-0.25, -0.2) is 9.97 Å². The molecule has 0 saturated carbocycles. The first kappa shape index (κ1) is 16.7. The lowest BCUT2D eigenvalue weighted by atomic mass is 10.3. The molecule has 0 atom stereocenters. The Labute approximate surface area is 156 Å². The van der Waals surface area contributed by atoms with Crippen molar-refractivity contribution in [1.82, 2.24) is 14.4 Å². The average molecular weight is 383 g/mol. The van der Waals surface area contributed by atoms with Crippen LogP contribution in [0, 0.1) is 0 Å². The smallest absolute Gasteiger partial charge is 0.316 e. The van der Waals surface area contributed by atoms with Gasteiger partial charge < -0.3 is 4.74 Å². The number of esters is 1. The Morgan fingerprint density at radius 3 is 2.88 bits per heavy atom. The summed E-state index contributed by atoms with van der Waals surface area (Å²) in [6.07, 6.45) is 1.65. The number of hydrogen-bond donors (Lipinski definition) is 0. The number of benzene rings is 1. The highest BCUT2D eigenvalue weighted by Crippen LogP contribution is 2.29. The van der Waals surface area contributed by atoms with Crippen LogP contribution in [-0.4, -0.2) is 26.1 Å². The standard InChI is InChI=1S/C18H13N3O3S2/c22-16-9-12(19-15-7-3-4-8-21(15)16)10-24-17(23)11-25-18-20-13-5-1-2-6-14(13)26-18/h1-9H,10-11H2. The maximum absolute atomic E-state index is 12.0. The Morgan fingerprint density at radius 1 is 1.15 bits per heavy atom. The molecule has 0 amide bonds. The van der Waals surface area contributed by atoms with Gasteiger partial charge in [-0.3, -0.25) is 14.0 Å². The molecule has 0 radical (unpaired) electrons. The highest BCUT2D eigenvalue weighted by atomic mass is 32.2. The van der Waals surface area contributed by atoms with Crippen molar-refractivity contribution in [3.8, 4) is 0 Å². The van der Waals surface area contributed by atoms with E-state index in [1.807, 2.05) is 24.3 Å². The van der Waals surface area contributed by atoms with Crippen molar-refractivity contribution in [3.63, 3.8) is 0 Å². The number of carbonyl (C=O) groups excluding carboxylic acids is 1. The second kappa shape index (κ2) is 7.27. The monoisotopic (exact) mass is 383 g/mol. The van der Waals surface area contributed by atoms with Gasteiger partial charge in [0.05, 0.1) is 21.7 Å². The number of fused-ring (bicyclic) bond motifs is 2. The van der Waals surface area contributed by atoms with Crippen LogP contribution in [0.4, 0.5) is 0 Å². The van der Waals surface area contributed by atoms with Crippen LogP contribution in [0.2, 0.25) is 0 Å². The Kier molecular flexibility index (Phi) is 4.68. The number of thioether (sulfide) groups is 1. The van der Waals surface area contributed by atoms with Gasteiger partial charge in [0.2, 0.25) is 0 Å². The fraction of sp³-hybridized carbons (Fsp3) is 0.111. The summed E-state index contributed by atoms with van der Waals surface area (Å²) in [6, 6.07) is 14.5. The van der Waals surface area contributed by atoms with Gasteiger partial charge in [-0.15, -0.1) is 11.3 Å². The van der Waals surface area contributed by atoms with Gasteiger partial charge >= 0.3 is 5.97 Å². The molecule has 130 valence electrons. The lowest BCUT2D eigenvalue weighted by Gasteiger charge is -2.05. The SMILES string of the molecule is O=C(CSc1nc2ccccc2s1)OCc1cc(=O)n2ccccc2n1. The molecule has 6 nitrogen and oxygen atoms in total. The number of ether oxygens (including phenoxy) is 1. The molecule has 1 aromatic carbocycles. The molecule has 4 aromatic rings. The predicted molar refractivity (Wildman–Crippen MR) is 102 cm³/mol. The average Bonchev–Trinajstić information content (AvgIpc) is 3.08. The van der Waals surface area contributed by atoms with Crippen LogP contribution in [0.3, 0.4) is 0 Å². The van der Waals surface area contributed by atoms with Gasteiger partial charge in [-0.05, 0) is 24.3 Å². The van der Waals surface area contributed by atoms with Gasteiger partial charge in [-0.1, -0.05) is 30.0 Å². The van der Waals surface area contributed by atoms with Crippen molar-refractivity contribution in [3.05, 3.63) is 70.8 Å². The van der Waals surface area contributed by atoms with Crippen LogP contribution in [0.15, 0.2) is 63.9 Å². The summed E-state index contributed by atoms with van der Waals surface area (Å²) in [5.41, 5.74) is 1.68. The van der Waals surface area contributed by atoms with Crippen molar-refractivity contribution in [2.24, 2.45) is 0 Å². The summed E-state index contributed by atoms with van der Waals surface area (Å²) in [7, 11) is 0. The van der Waals surface area contributed by atoms with Crippen LogP contribution < -0.4 is 5.56 Å². The van der Waals surface area contributed by atoms with Crippen LogP contribution in [0.25, 0.3) is 15.9 Å². The van der Waals surface area contributed by atoms with E-state index in [0.29, 0.717) is 11.3 Å². The minimum absolute atomic E-state index is 0.0279. The first-order chi connectivity index (χ1) is 12.7. The maximum atomic E-state index is 12.0. The van der Waals surface area contributed by atoms with Crippen molar-refractivity contribution >= 4 is 44.9 Å². The zero-order valence-corrected chi connectivity index (χ0v) is 15.1. The Balaban J connectivity index is 1.37. The van der Waals surface area contributed by atoms with Crippen molar-refractivity contribution in [2.75, 3.05) is 5.75 Å². The van der Waals surface area contributed by atoms with Gasteiger partial charge in [0.1, 0.15) is 12.3 Å². The third kappa shape index (κ3) is 3.61. The lowest BCUT2D eigenvalue weighted by molar-refractivity contribution is -0.141. The third-order valence-electron chi connectivity index (χ3n) is 3.59. The summed E-state index contributed by atoms with van der Waals surface area (Å²) >= 11 is 2.89. The zero-order chi connectivity index (χ0) is 17.9. The van der Waals surface area contributed by atoms with E-state index in [0.717, 1.165) is 14.6 Å². The molecular weight excluding hydrogens is 370 g/mol. The van der Waals surface area contributed by atoms with E-state index in [1.54, 1.807) is 35.7 Å². The number of carbonyl (C=O) groups is 1. The van der Waals surface area contributed by atoms with E-state index in [9.17, 15) is 9.59 Å². The van der Waals surface area contributed by atoms with Crippen LogP contribution in [0.5, 0.6) is 0 Å². The van der Waals surface area contributed by atoms with Crippen LogP contribution >= 0.6 is 23.1 Å². The fourth-order valence-electron chi connectivity index (χ4n) is 2.41. The first-order valence-electron chi connectivity index (χ1n) is 7.80. The highest BCUT2D eigenvalue weighted by Gasteiger charge is 2.10. The molecule has 0 aliphatic carbocycles. The molecule has 0 bridgehead atoms. The van der Waals surface area contributed by atoms with E-state index < -0.39 is 0 Å². The molecule has 26 heavy (non-hydrogen) atoms. The minimum atomic E-state index is -0.371. The molecule has 3 heterocycles. The van der Waals surface area contributed by atoms with Crippen molar-refractivity contribution < 1.29 is 9.53 Å². The molecule has 0 aliphatic rings. The van der Waals surface area contributed by atoms with E-state index in [4.69, 9.17) is 4.74 Å². The van der Waals surface area contributed by atoms with Gasteiger partial charge in [0.15, 0.2) is 4.34 Å². The molecule has 8 heteroatoms. The topological polar surface area (TPSA) is 73.6 Å². The molecule has 4 rings (SSSR count). The number of nitrogens with zero attached hydrogens (tertiary/aromatic N) is 3. The van der Waals surface area contributed by atoms with E-state index in [-0.39, 0.29) is 23.9 Å². The Bertz CT molecular complexity index is 1120. The lowest BCUT2D eigenvalue weighted by Crippen LogP contribution is -2.16. The number of pyridine rings is 1. The highest BCUT2D eigenvalue weighted by molar-refractivity contribution is 8.01. The van der Waals surface area contributed by atoms with Gasteiger partial charge in [-0.2, -0.15) is 0 Å². The molecular formula is C18H13N3O3S2. The number of thiazole rings is 1. The second-order valence-corrected chi connectivity index (χ2v) is 7.66. The van der Waals surface area contributed by atoms with Gasteiger partial charge in [0.25, 0.3) is 5.56 Å². The molecule has 0 aliphatic heterocycles. The minimum Gasteiger partial charge on any atom is -0.459 e. The van der Waals surface area contributed by atoms with Crippen LogP contribution in [0.1, 0.15) is 5.69 Å². The molecule has 0 fully saturated rings. The van der Waals surface area contributed by atoms with E-state index in [2.05, 4.69) is 9.97 Å². The van der Waals surface area contributed by atoms with E-state index >= 15 is 0 Å². The number of aromatic nitrogens is 3. The zero-order valence-electron chi connectivity index (χ0n) is 13.5. The van der Waals surface area contributed by atoms with Crippen molar-refractivity contribution in [2.45, 2.75) is 10.9 Å². The summed E-state index contributed by atoms with van der Waals surface area (Å²) in [6.45, 7) is -0.0279. The normalized spacial score (nSPS) is 11.1. The fourth-order valence-corrected chi connectivity index (χ4v) is 4.27. The largest absolute Gasteiger partial charge is 0.459 e. The van der Waals surface area contributed by atoms with E-state index in [1.165, 1.54) is 22.2 Å². The van der Waals surface area contributed by atoms with Gasteiger partial charge in [0, 0.05) is 12.3 Å². The quantitative estimate of drug-likeness (QED) is 0.389. The van der Waals surface area contributed by atoms with Crippen LogP contribution in [-0.2, 0) is 16.1 Å². The second-order valence-electron chi connectivity index (χ2n) is 5.41. The summed E-state index contributed by atoms with van der Waals surface area (Å²) in [5, 5.41) is 0. The molecule has 0 unspecified atom stereocenters. The number of para-hydroxylation sites is 1. The number of rotatable bonds is 5. The number of hydrogen-bond acceptors (Lipinski definition) is 7. The predicted octanol–water partition coefficient (Wildman–Crippen LogP) is 3.14. The summed E-state index contributed by atoms with van der Waals surface area (Å²) < 4.78 is 8.58. The van der Waals surface area contributed by atoms with Crippen molar-refractivity contribution in [1.29, 1.82) is 0 Å². The maximum Gasteiger partial charge on any atom is 0.316 e. The third-order valence-corrected chi connectivity index (χ3v) is 5.75. The molecule has 0 saturated heterocycles. The summed E-state index contributed by atoms with van der Waals surface area (Å²) in [4.78, 5) is 32.8. The summed E-state index contributed by atoms with van der Waals surface area (Å²) in [5.74, 6) is -0.212. The molecule has 0 N–H and O–H groups in total. The molecule has 3 aromatic heterocycles. The Morgan fingerprint density at radius 2 is 2.00 bits per heavy atom. The molecule has 0 spiro atoms. The first-order valence-corrected chi connectivity index (χ1v) is 9.60.